The molecule has 0 saturated heterocycles. The van der Waals surface area contributed by atoms with E-state index in [2.05, 4.69) is 31.1 Å². The maximum absolute atomic E-state index is 11.4. The number of nitrogens with one attached hydrogen (secondary N) is 2. The van der Waals surface area contributed by atoms with E-state index in [0.717, 1.165) is 18.4 Å². The summed E-state index contributed by atoms with van der Waals surface area (Å²) in [5.74, 6) is -0.264. The van der Waals surface area contributed by atoms with E-state index in [1.54, 1.807) is 0 Å². The Balaban J connectivity index is 3.62. The second-order valence-electron chi connectivity index (χ2n) is 5.75. The van der Waals surface area contributed by atoms with Gasteiger partial charge in [0, 0.05) is 18.6 Å². The molecule has 0 aromatic heterocycles. The minimum atomic E-state index is -0.553. The lowest BCUT2D eigenvalue weighted by molar-refractivity contribution is -0.146. The van der Waals surface area contributed by atoms with Crippen molar-refractivity contribution in [1.82, 2.24) is 10.6 Å². The Morgan fingerprint density at radius 1 is 1.33 bits per heavy atom. The van der Waals surface area contributed by atoms with Gasteiger partial charge in [0.15, 0.2) is 7.85 Å². The maximum atomic E-state index is 11.4. The first-order chi connectivity index (χ1) is 9.85. The number of rotatable bonds is 12. The molecule has 21 heavy (non-hydrogen) atoms. The number of carbonyl (C=O) groups is 1. The van der Waals surface area contributed by atoms with Crippen molar-refractivity contribution >= 4 is 13.8 Å². The molecule has 0 radical (unpaired) electrons. The van der Waals surface area contributed by atoms with Crippen molar-refractivity contribution in [2.75, 3.05) is 13.2 Å². The van der Waals surface area contributed by atoms with E-state index in [0.29, 0.717) is 31.5 Å². The third-order valence-corrected chi connectivity index (χ3v) is 3.26. The zero-order valence-electron chi connectivity index (χ0n) is 13.9. The van der Waals surface area contributed by atoms with Crippen LogP contribution in [-0.2, 0) is 9.53 Å². The lowest BCUT2D eigenvalue weighted by Gasteiger charge is -2.19. The summed E-state index contributed by atoms with van der Waals surface area (Å²) in [6.07, 6.45) is 2.46. The summed E-state index contributed by atoms with van der Waals surface area (Å²) < 4.78 is 4.97. The van der Waals surface area contributed by atoms with Crippen molar-refractivity contribution < 1.29 is 14.6 Å². The SMILES string of the molecule is BC(=C)NC(C)CCC(C)NCCC(=O)OCC(O)CC. The highest BCUT2D eigenvalue weighted by Gasteiger charge is 2.09. The van der Waals surface area contributed by atoms with E-state index in [9.17, 15) is 9.90 Å². The molecule has 5 nitrogen and oxygen atoms in total. The highest BCUT2D eigenvalue weighted by molar-refractivity contribution is 6.20. The van der Waals surface area contributed by atoms with Gasteiger partial charge in [0.1, 0.15) is 6.61 Å². The molecule has 0 aliphatic rings. The molecule has 0 aromatic carbocycles. The number of hydrogen-bond acceptors (Lipinski definition) is 5. The first-order valence-electron chi connectivity index (χ1n) is 7.84. The predicted octanol–water partition coefficient (Wildman–Crippen LogP) is 0.531. The number of carbonyl (C=O) groups excluding carboxylic acids is 1. The fourth-order valence-electron chi connectivity index (χ4n) is 1.89. The molecular formula is C15H31BN2O3. The van der Waals surface area contributed by atoms with Gasteiger partial charge in [-0.25, -0.2) is 0 Å². The first-order valence-corrected chi connectivity index (χ1v) is 7.84. The molecule has 0 aliphatic heterocycles. The highest BCUT2D eigenvalue weighted by atomic mass is 16.5. The number of ether oxygens (including phenoxy) is 1. The highest BCUT2D eigenvalue weighted by Crippen LogP contribution is 2.02. The Hall–Kier alpha value is -1.01. The van der Waals surface area contributed by atoms with Gasteiger partial charge in [0.05, 0.1) is 12.5 Å². The Labute approximate surface area is 129 Å². The number of aliphatic hydroxyl groups is 1. The zero-order valence-corrected chi connectivity index (χ0v) is 13.9. The third-order valence-electron chi connectivity index (χ3n) is 3.26. The van der Waals surface area contributed by atoms with E-state index in [1.165, 1.54) is 0 Å². The Bertz CT molecular complexity index is 313. The quantitative estimate of drug-likeness (QED) is 0.362. The molecule has 0 heterocycles. The van der Waals surface area contributed by atoms with Gasteiger partial charge < -0.3 is 20.5 Å². The van der Waals surface area contributed by atoms with Crippen LogP contribution >= 0.6 is 0 Å². The van der Waals surface area contributed by atoms with Gasteiger partial charge in [-0.1, -0.05) is 13.5 Å². The Morgan fingerprint density at radius 3 is 2.52 bits per heavy atom. The van der Waals surface area contributed by atoms with Crippen molar-refractivity contribution in [3.63, 3.8) is 0 Å². The minimum Gasteiger partial charge on any atom is -0.463 e. The molecule has 3 atom stereocenters. The van der Waals surface area contributed by atoms with Gasteiger partial charge in [-0.3, -0.25) is 4.79 Å². The molecule has 0 spiro atoms. The smallest absolute Gasteiger partial charge is 0.307 e. The maximum Gasteiger partial charge on any atom is 0.307 e. The molecule has 0 bridgehead atoms. The van der Waals surface area contributed by atoms with E-state index < -0.39 is 6.10 Å². The van der Waals surface area contributed by atoms with Gasteiger partial charge in [0.25, 0.3) is 0 Å². The monoisotopic (exact) mass is 298 g/mol. The third kappa shape index (κ3) is 12.4. The van der Waals surface area contributed by atoms with Crippen molar-refractivity contribution in [3.8, 4) is 0 Å². The van der Waals surface area contributed by atoms with Crippen molar-refractivity contribution in [2.45, 2.75) is 64.6 Å². The Morgan fingerprint density at radius 2 is 1.95 bits per heavy atom. The fourth-order valence-corrected chi connectivity index (χ4v) is 1.89. The van der Waals surface area contributed by atoms with Crippen LogP contribution in [0.15, 0.2) is 12.2 Å². The fraction of sp³-hybridized carbons (Fsp3) is 0.800. The van der Waals surface area contributed by atoms with Gasteiger partial charge in [0.2, 0.25) is 0 Å². The average molecular weight is 298 g/mol. The molecule has 0 aromatic rings. The minimum absolute atomic E-state index is 0.0922. The van der Waals surface area contributed by atoms with Gasteiger partial charge in [-0.15, -0.1) is 0 Å². The molecule has 0 aliphatic carbocycles. The van der Waals surface area contributed by atoms with E-state index in [-0.39, 0.29) is 12.6 Å². The van der Waals surface area contributed by atoms with Crippen molar-refractivity contribution in [1.29, 1.82) is 0 Å². The van der Waals surface area contributed by atoms with Gasteiger partial charge >= 0.3 is 5.97 Å². The predicted molar refractivity (Wildman–Crippen MR) is 88.9 cm³/mol. The van der Waals surface area contributed by atoms with Crippen LogP contribution < -0.4 is 10.6 Å². The van der Waals surface area contributed by atoms with Crippen LogP contribution in [0.1, 0.15) is 46.5 Å². The standard InChI is InChI=1S/C15H31BN2O3/c1-5-14(19)10-21-15(20)8-9-17-11(2)6-7-12(3)18-13(4)16/h11-12,14,17-19H,4-10,16H2,1-3H3. The molecule has 3 N–H and O–H groups in total. The van der Waals surface area contributed by atoms with E-state index in [1.807, 2.05) is 14.8 Å². The van der Waals surface area contributed by atoms with Crippen molar-refractivity contribution in [3.05, 3.63) is 12.2 Å². The average Bonchev–Trinajstić information content (AvgIpc) is 2.41. The Kier molecular flexibility index (Phi) is 11.1. The number of aliphatic hydroxyl groups excluding tert-OH is 1. The zero-order chi connectivity index (χ0) is 16.3. The summed E-state index contributed by atoms with van der Waals surface area (Å²) in [6, 6.07) is 0.764. The summed E-state index contributed by atoms with van der Waals surface area (Å²) in [4.78, 5) is 11.4. The van der Waals surface area contributed by atoms with Gasteiger partial charge in [-0.2, -0.15) is 0 Å². The summed E-state index contributed by atoms with van der Waals surface area (Å²) in [7, 11) is 1.96. The van der Waals surface area contributed by atoms with Crippen LogP contribution in [0.5, 0.6) is 0 Å². The molecule has 3 unspecified atom stereocenters. The molecule has 0 fully saturated rings. The van der Waals surface area contributed by atoms with Crippen LogP contribution in [0, 0.1) is 0 Å². The topological polar surface area (TPSA) is 70.6 Å². The molecule has 0 saturated carbocycles. The van der Waals surface area contributed by atoms with Crippen LogP contribution in [-0.4, -0.2) is 50.3 Å². The van der Waals surface area contributed by atoms with Crippen LogP contribution in [0.3, 0.4) is 0 Å². The summed E-state index contributed by atoms with van der Waals surface area (Å²) in [5.41, 5.74) is 0.986. The molecule has 0 amide bonds. The summed E-state index contributed by atoms with van der Waals surface area (Å²) in [5, 5.41) is 15.9. The second kappa shape index (κ2) is 11.6. The van der Waals surface area contributed by atoms with Crippen LogP contribution in [0.4, 0.5) is 0 Å². The van der Waals surface area contributed by atoms with Gasteiger partial charge in [-0.05, 0) is 38.7 Å². The summed E-state index contributed by atoms with van der Waals surface area (Å²) >= 11 is 0. The van der Waals surface area contributed by atoms with Crippen LogP contribution in [0.25, 0.3) is 0 Å². The molecule has 0 rings (SSSR count). The van der Waals surface area contributed by atoms with E-state index >= 15 is 0 Å². The molecule has 6 heteroatoms. The lowest BCUT2D eigenvalue weighted by Crippen LogP contribution is -2.32. The van der Waals surface area contributed by atoms with Crippen molar-refractivity contribution in [2.24, 2.45) is 0 Å². The molecule has 122 valence electrons. The van der Waals surface area contributed by atoms with Crippen LogP contribution in [0.2, 0.25) is 0 Å². The van der Waals surface area contributed by atoms with E-state index in [4.69, 9.17) is 4.74 Å². The lowest BCUT2D eigenvalue weighted by atomic mass is 10.0. The summed E-state index contributed by atoms with van der Waals surface area (Å²) in [6.45, 7) is 10.6. The molecular weight excluding hydrogens is 267 g/mol. The number of hydrogen-bond donors (Lipinski definition) is 3. The number of esters is 1. The largest absolute Gasteiger partial charge is 0.463 e. The first kappa shape index (κ1) is 20.0. The second-order valence-corrected chi connectivity index (χ2v) is 5.75. The normalized spacial score (nSPS) is 15.0.